The fraction of sp³-hybridized carbons (Fsp3) is 0. The molecule has 1 N–H and O–H groups in total. The van der Waals surface area contributed by atoms with Gasteiger partial charge in [-0.05, 0) is 30.3 Å². The first-order valence-corrected chi connectivity index (χ1v) is 5.84. The Morgan fingerprint density at radius 3 is 2.79 bits per heavy atom. The summed E-state index contributed by atoms with van der Waals surface area (Å²) in [6.45, 7) is 0. The third-order valence-corrected chi connectivity index (χ3v) is 2.67. The molecule has 1 amide bonds. The molecule has 19 heavy (non-hydrogen) atoms. The van der Waals surface area contributed by atoms with Gasteiger partial charge in [0.15, 0.2) is 0 Å². The molecule has 3 aromatic rings. The van der Waals surface area contributed by atoms with Gasteiger partial charge in [-0.25, -0.2) is 9.50 Å². The lowest BCUT2D eigenvalue weighted by Gasteiger charge is -2.01. The van der Waals surface area contributed by atoms with Crippen LogP contribution in [0.25, 0.3) is 5.78 Å². The SMILES string of the molecule is O=C(Nc1ccc(Cl)cc1)c1nc2ncccn2n1. The number of aromatic nitrogens is 4. The van der Waals surface area contributed by atoms with Crippen LogP contribution in [0.2, 0.25) is 5.02 Å². The third-order valence-electron chi connectivity index (χ3n) is 2.42. The van der Waals surface area contributed by atoms with Crippen LogP contribution in [0, 0.1) is 0 Å². The van der Waals surface area contributed by atoms with E-state index in [-0.39, 0.29) is 5.82 Å². The maximum atomic E-state index is 12.0. The van der Waals surface area contributed by atoms with E-state index >= 15 is 0 Å². The van der Waals surface area contributed by atoms with Crippen molar-refractivity contribution < 1.29 is 4.79 Å². The monoisotopic (exact) mass is 273 g/mol. The second-order valence-corrected chi connectivity index (χ2v) is 4.20. The van der Waals surface area contributed by atoms with E-state index in [0.29, 0.717) is 16.5 Å². The van der Waals surface area contributed by atoms with Crippen LogP contribution in [0.3, 0.4) is 0 Å². The molecule has 0 unspecified atom stereocenters. The molecule has 0 aliphatic carbocycles. The third kappa shape index (κ3) is 2.38. The van der Waals surface area contributed by atoms with Gasteiger partial charge in [-0.3, -0.25) is 4.79 Å². The fourth-order valence-electron chi connectivity index (χ4n) is 1.55. The zero-order valence-corrected chi connectivity index (χ0v) is 10.4. The van der Waals surface area contributed by atoms with E-state index in [0.717, 1.165) is 0 Å². The molecule has 0 atom stereocenters. The van der Waals surface area contributed by atoms with Gasteiger partial charge in [0, 0.05) is 23.1 Å². The topological polar surface area (TPSA) is 72.2 Å². The summed E-state index contributed by atoms with van der Waals surface area (Å²) in [5, 5.41) is 7.32. The van der Waals surface area contributed by atoms with Crippen LogP contribution in [0.15, 0.2) is 42.7 Å². The van der Waals surface area contributed by atoms with Crippen LogP contribution >= 0.6 is 11.6 Å². The lowest BCUT2D eigenvalue weighted by Crippen LogP contribution is -2.13. The summed E-state index contributed by atoms with van der Waals surface area (Å²) in [5.74, 6) is 0.0465. The van der Waals surface area contributed by atoms with Gasteiger partial charge in [-0.1, -0.05) is 11.6 Å². The normalized spacial score (nSPS) is 10.6. The maximum Gasteiger partial charge on any atom is 0.295 e. The Hall–Kier alpha value is -2.47. The van der Waals surface area contributed by atoms with Gasteiger partial charge in [0.05, 0.1) is 0 Å². The Kier molecular flexibility index (Phi) is 2.85. The highest BCUT2D eigenvalue weighted by atomic mass is 35.5. The van der Waals surface area contributed by atoms with Gasteiger partial charge in [-0.2, -0.15) is 4.98 Å². The maximum absolute atomic E-state index is 12.0. The predicted octanol–water partition coefficient (Wildman–Crippen LogP) is 2.03. The summed E-state index contributed by atoms with van der Waals surface area (Å²) in [4.78, 5) is 20.0. The first-order chi connectivity index (χ1) is 9.22. The smallest absolute Gasteiger partial charge is 0.295 e. The Morgan fingerprint density at radius 1 is 1.26 bits per heavy atom. The van der Waals surface area contributed by atoms with E-state index in [1.54, 1.807) is 42.7 Å². The van der Waals surface area contributed by atoms with E-state index in [1.807, 2.05) is 0 Å². The van der Waals surface area contributed by atoms with Crippen LogP contribution in [0.5, 0.6) is 0 Å². The van der Waals surface area contributed by atoms with Crippen molar-refractivity contribution in [2.75, 3.05) is 5.32 Å². The van der Waals surface area contributed by atoms with Crippen molar-refractivity contribution in [2.24, 2.45) is 0 Å². The Bertz CT molecular complexity index is 704. The van der Waals surface area contributed by atoms with Crippen LogP contribution in [0.1, 0.15) is 10.6 Å². The zero-order chi connectivity index (χ0) is 13.2. The Labute approximate surface area is 113 Å². The minimum atomic E-state index is -0.396. The second kappa shape index (κ2) is 4.66. The second-order valence-electron chi connectivity index (χ2n) is 3.76. The number of fused-ring (bicyclic) bond motifs is 1. The molecule has 1 aromatic carbocycles. The number of nitrogens with one attached hydrogen (secondary N) is 1. The number of carbonyl (C=O) groups excluding carboxylic acids is 1. The summed E-state index contributed by atoms with van der Waals surface area (Å²) < 4.78 is 1.44. The van der Waals surface area contributed by atoms with E-state index in [1.165, 1.54) is 4.52 Å². The number of hydrogen-bond acceptors (Lipinski definition) is 4. The molecular formula is C12H8ClN5O. The molecule has 0 saturated carbocycles. The molecule has 3 rings (SSSR count). The highest BCUT2D eigenvalue weighted by Gasteiger charge is 2.13. The fourth-order valence-corrected chi connectivity index (χ4v) is 1.68. The molecule has 0 spiro atoms. The molecule has 6 nitrogen and oxygen atoms in total. The van der Waals surface area contributed by atoms with Crippen molar-refractivity contribution >= 4 is 29.0 Å². The molecule has 2 heterocycles. The summed E-state index contributed by atoms with van der Waals surface area (Å²) in [6.07, 6.45) is 3.26. The van der Waals surface area contributed by atoms with Crippen molar-refractivity contribution in [1.29, 1.82) is 0 Å². The highest BCUT2D eigenvalue weighted by molar-refractivity contribution is 6.30. The van der Waals surface area contributed by atoms with Crippen molar-refractivity contribution in [2.45, 2.75) is 0 Å². The van der Waals surface area contributed by atoms with Crippen molar-refractivity contribution in [1.82, 2.24) is 19.6 Å². The first-order valence-electron chi connectivity index (χ1n) is 5.47. The number of anilines is 1. The highest BCUT2D eigenvalue weighted by Crippen LogP contribution is 2.13. The minimum Gasteiger partial charge on any atom is -0.319 e. The first kappa shape index (κ1) is 11.6. The molecule has 0 aliphatic heterocycles. The molecule has 94 valence electrons. The number of nitrogens with zero attached hydrogens (tertiary/aromatic N) is 4. The van der Waals surface area contributed by atoms with Crippen LogP contribution < -0.4 is 5.32 Å². The molecule has 0 fully saturated rings. The van der Waals surface area contributed by atoms with Gasteiger partial charge in [0.1, 0.15) is 0 Å². The minimum absolute atomic E-state index is 0.0636. The summed E-state index contributed by atoms with van der Waals surface area (Å²) in [5.41, 5.74) is 0.626. The number of halogens is 1. The standard InChI is InChI=1S/C12H8ClN5O/c13-8-2-4-9(5-3-8)15-11(19)10-16-12-14-6-1-7-18(12)17-10/h1-7H,(H,15,19). The lowest BCUT2D eigenvalue weighted by atomic mass is 10.3. The number of amides is 1. The van der Waals surface area contributed by atoms with E-state index in [9.17, 15) is 4.79 Å². The number of benzene rings is 1. The number of carbonyl (C=O) groups is 1. The van der Waals surface area contributed by atoms with E-state index < -0.39 is 5.91 Å². The van der Waals surface area contributed by atoms with Crippen LogP contribution in [-0.2, 0) is 0 Å². The molecule has 0 aliphatic rings. The van der Waals surface area contributed by atoms with Gasteiger partial charge >= 0.3 is 0 Å². The van der Waals surface area contributed by atoms with Gasteiger partial charge in [0.25, 0.3) is 11.7 Å². The van der Waals surface area contributed by atoms with Crippen molar-refractivity contribution in [3.05, 3.63) is 53.6 Å². The van der Waals surface area contributed by atoms with Gasteiger partial charge < -0.3 is 5.32 Å². The number of rotatable bonds is 2. The van der Waals surface area contributed by atoms with E-state index in [2.05, 4.69) is 20.4 Å². The Morgan fingerprint density at radius 2 is 2.05 bits per heavy atom. The average molecular weight is 274 g/mol. The van der Waals surface area contributed by atoms with Crippen LogP contribution in [-0.4, -0.2) is 25.5 Å². The molecule has 0 bridgehead atoms. The van der Waals surface area contributed by atoms with E-state index in [4.69, 9.17) is 11.6 Å². The summed E-state index contributed by atoms with van der Waals surface area (Å²) >= 11 is 5.77. The van der Waals surface area contributed by atoms with Gasteiger partial charge in [-0.15, -0.1) is 5.10 Å². The average Bonchev–Trinajstić information content (AvgIpc) is 2.85. The lowest BCUT2D eigenvalue weighted by molar-refractivity contribution is 0.101. The summed E-state index contributed by atoms with van der Waals surface area (Å²) in [7, 11) is 0. The zero-order valence-electron chi connectivity index (χ0n) is 9.62. The van der Waals surface area contributed by atoms with Crippen molar-refractivity contribution in [3.63, 3.8) is 0 Å². The molecule has 0 saturated heterocycles. The van der Waals surface area contributed by atoms with Crippen LogP contribution in [0.4, 0.5) is 5.69 Å². The largest absolute Gasteiger partial charge is 0.319 e. The molecular weight excluding hydrogens is 266 g/mol. The predicted molar refractivity (Wildman–Crippen MR) is 70.2 cm³/mol. The molecule has 2 aromatic heterocycles. The quantitative estimate of drug-likeness (QED) is 0.775. The summed E-state index contributed by atoms with van der Waals surface area (Å²) in [6, 6.07) is 8.50. The van der Waals surface area contributed by atoms with Gasteiger partial charge in [0.2, 0.25) is 5.82 Å². The van der Waals surface area contributed by atoms with Crippen molar-refractivity contribution in [3.8, 4) is 0 Å². The molecule has 0 radical (unpaired) electrons. The molecule has 7 heteroatoms. The Balaban J connectivity index is 1.85. The number of hydrogen-bond donors (Lipinski definition) is 1.